The molecule has 0 radical (unpaired) electrons. The Morgan fingerprint density at radius 3 is 2.16 bits per heavy atom. The predicted molar refractivity (Wildman–Crippen MR) is 159 cm³/mol. The number of likely N-dealkylation sites (N-methyl/N-ethyl adjacent to an activating group) is 1. The van der Waals surface area contributed by atoms with Gasteiger partial charge in [0.25, 0.3) is 0 Å². The summed E-state index contributed by atoms with van der Waals surface area (Å²) in [6.45, 7) is 0.725. The Morgan fingerprint density at radius 1 is 1.00 bits per heavy atom. The summed E-state index contributed by atoms with van der Waals surface area (Å²) in [5.74, 6) is -10.6. The molecule has 0 aromatic heterocycles. The van der Waals surface area contributed by atoms with Crippen LogP contribution in [0.25, 0.3) is 11.1 Å². The first-order valence-corrected chi connectivity index (χ1v) is 14.3. The molecule has 0 spiro atoms. The zero-order valence-electron chi connectivity index (χ0n) is 25.2. The molecule has 0 heterocycles. The van der Waals surface area contributed by atoms with Crippen LogP contribution in [0.1, 0.15) is 27.9 Å². The van der Waals surface area contributed by atoms with Crippen LogP contribution in [-0.4, -0.2) is 103 Å². The molecule has 6 atom stereocenters. The van der Waals surface area contributed by atoms with Crippen LogP contribution in [0.4, 0.5) is 5.69 Å². The maximum Gasteiger partial charge on any atom is 0.235 e. The normalized spacial score (nSPS) is 28.5. The lowest BCUT2D eigenvalue weighted by Gasteiger charge is -2.52. The first-order valence-electron chi connectivity index (χ1n) is 14.3. The van der Waals surface area contributed by atoms with Gasteiger partial charge < -0.3 is 25.7 Å². The zero-order chi connectivity index (χ0) is 31.7. The molecule has 0 aliphatic heterocycles. The number of anilines is 1. The number of nitrogens with zero attached hydrogens (tertiary/aromatic N) is 3. The first-order chi connectivity index (χ1) is 20.1. The number of rotatable bonds is 6. The fourth-order valence-corrected chi connectivity index (χ4v) is 7.43. The summed E-state index contributed by atoms with van der Waals surface area (Å²) < 4.78 is 0. The van der Waals surface area contributed by atoms with Gasteiger partial charge in [0.1, 0.15) is 5.75 Å². The Labute approximate surface area is 250 Å². The molecule has 2 fully saturated rings. The molecule has 11 heteroatoms. The minimum atomic E-state index is -2.75. The van der Waals surface area contributed by atoms with E-state index in [0.29, 0.717) is 22.4 Å². The highest BCUT2D eigenvalue weighted by Crippen LogP contribution is 2.53. The van der Waals surface area contributed by atoms with E-state index in [4.69, 9.17) is 5.73 Å². The first kappa shape index (κ1) is 30.5. The van der Waals surface area contributed by atoms with E-state index >= 15 is 0 Å². The van der Waals surface area contributed by atoms with E-state index in [-0.39, 0.29) is 24.2 Å². The highest BCUT2D eigenvalue weighted by Gasteiger charge is 2.69. The number of hydrogen-bond acceptors (Lipinski definition) is 10. The summed E-state index contributed by atoms with van der Waals surface area (Å²) in [5.41, 5.74) is 6.02. The molecule has 2 aromatic carbocycles. The van der Waals surface area contributed by atoms with Gasteiger partial charge in [-0.15, -0.1) is 0 Å². The molecule has 3 aliphatic rings. The van der Waals surface area contributed by atoms with Gasteiger partial charge in [-0.25, -0.2) is 0 Å². The Morgan fingerprint density at radius 2 is 1.63 bits per heavy atom. The lowest BCUT2D eigenvalue weighted by Crippen LogP contribution is -2.74. The second-order valence-corrected chi connectivity index (χ2v) is 12.8. The largest absolute Gasteiger partial charge is 0.507 e. The van der Waals surface area contributed by atoms with Gasteiger partial charge in [0.2, 0.25) is 5.91 Å². The van der Waals surface area contributed by atoms with Gasteiger partial charge in [-0.1, -0.05) is 24.3 Å². The van der Waals surface area contributed by atoms with Gasteiger partial charge in [0, 0.05) is 37.8 Å². The summed E-state index contributed by atoms with van der Waals surface area (Å²) in [6.07, 6.45) is 0.210. The van der Waals surface area contributed by atoms with Crippen LogP contribution in [0.2, 0.25) is 0 Å². The maximum absolute atomic E-state index is 14.2. The van der Waals surface area contributed by atoms with Crippen molar-refractivity contribution in [1.82, 2.24) is 9.80 Å². The Kier molecular flexibility index (Phi) is 7.56. The summed E-state index contributed by atoms with van der Waals surface area (Å²) in [5, 5.41) is 23.4. The smallest absolute Gasteiger partial charge is 0.235 e. The molecule has 3 aliphatic carbocycles. The van der Waals surface area contributed by atoms with E-state index < -0.39 is 64.4 Å². The van der Waals surface area contributed by atoms with Crippen molar-refractivity contribution in [3.8, 4) is 16.9 Å². The van der Waals surface area contributed by atoms with Crippen molar-refractivity contribution in [2.75, 3.05) is 47.2 Å². The standard InChI is InChI=1S/C32H38N4O7/c1-34(2)14-15-7-9-16(10-8-15)18-13-21(35(3)4)19-11-17-12-20-25(36(5)6)28(39)24(31(33)42)30(41)32(20,43)29(40)22(17)27(38)23(19)26(18)37/h7-10,13,17,20,22,24-25,37,43H,11-12,14H2,1-6H3,(H2,33,42)/t17-,20-,22?,24?,25-,32-/m0/s1. The third kappa shape index (κ3) is 4.57. The third-order valence-electron chi connectivity index (χ3n) is 9.28. The van der Waals surface area contributed by atoms with Gasteiger partial charge in [-0.2, -0.15) is 0 Å². The van der Waals surface area contributed by atoms with Crippen LogP contribution in [0.15, 0.2) is 30.3 Å². The van der Waals surface area contributed by atoms with Gasteiger partial charge in [0.05, 0.1) is 17.5 Å². The molecule has 43 heavy (non-hydrogen) atoms. The molecular weight excluding hydrogens is 552 g/mol. The number of aliphatic hydroxyl groups is 1. The van der Waals surface area contributed by atoms with Crippen molar-refractivity contribution in [2.45, 2.75) is 31.0 Å². The molecule has 228 valence electrons. The number of ketones is 4. The number of aromatic hydroxyl groups is 1. The topological polar surface area (TPSA) is 162 Å². The number of phenolic OH excluding ortho intramolecular Hbond substituents is 1. The highest BCUT2D eigenvalue weighted by molar-refractivity contribution is 6.32. The number of Topliss-reactive ketones (excluding diaryl/α,β-unsaturated/α-hetero) is 4. The fraction of sp³-hybridized carbons (Fsp3) is 0.469. The quantitative estimate of drug-likeness (QED) is 0.408. The monoisotopic (exact) mass is 590 g/mol. The molecule has 1 amide bonds. The molecular formula is C32H38N4O7. The second kappa shape index (κ2) is 10.7. The van der Waals surface area contributed by atoms with Crippen molar-refractivity contribution in [3.63, 3.8) is 0 Å². The van der Waals surface area contributed by atoms with Crippen LogP contribution in [-0.2, 0) is 32.1 Å². The lowest BCUT2D eigenvalue weighted by molar-refractivity contribution is -0.181. The number of hydrogen-bond donors (Lipinski definition) is 3. The zero-order valence-corrected chi connectivity index (χ0v) is 25.2. The van der Waals surface area contributed by atoms with Gasteiger partial charge in [-0.3, -0.25) is 28.9 Å². The van der Waals surface area contributed by atoms with E-state index in [1.165, 1.54) is 4.90 Å². The van der Waals surface area contributed by atoms with E-state index in [1.807, 2.05) is 68.3 Å². The van der Waals surface area contributed by atoms with Crippen LogP contribution >= 0.6 is 0 Å². The van der Waals surface area contributed by atoms with Crippen molar-refractivity contribution in [1.29, 1.82) is 0 Å². The van der Waals surface area contributed by atoms with Crippen LogP contribution in [0, 0.1) is 23.7 Å². The third-order valence-corrected chi connectivity index (χ3v) is 9.28. The van der Waals surface area contributed by atoms with E-state index in [0.717, 1.165) is 12.1 Å². The number of phenols is 1. The second-order valence-electron chi connectivity index (χ2n) is 12.8. The number of primary amides is 1. The molecule has 0 bridgehead atoms. The van der Waals surface area contributed by atoms with E-state index in [9.17, 15) is 34.2 Å². The van der Waals surface area contributed by atoms with Gasteiger partial charge >= 0.3 is 0 Å². The summed E-state index contributed by atoms with van der Waals surface area (Å²) >= 11 is 0. The molecule has 0 saturated heterocycles. The minimum absolute atomic E-state index is 0.00656. The van der Waals surface area contributed by atoms with Crippen LogP contribution in [0.5, 0.6) is 5.75 Å². The van der Waals surface area contributed by atoms with Crippen molar-refractivity contribution < 1.29 is 34.2 Å². The Balaban J connectivity index is 1.64. The maximum atomic E-state index is 14.2. The highest BCUT2D eigenvalue weighted by atomic mass is 16.3. The Bertz CT molecular complexity index is 1550. The van der Waals surface area contributed by atoms with Gasteiger partial charge in [0.15, 0.2) is 34.7 Å². The molecule has 11 nitrogen and oxygen atoms in total. The summed E-state index contributed by atoms with van der Waals surface area (Å²) in [6, 6.07) is 8.27. The average molecular weight is 591 g/mol. The Hall–Kier alpha value is -3.93. The number of nitrogens with two attached hydrogens (primary N) is 1. The van der Waals surface area contributed by atoms with Crippen LogP contribution < -0.4 is 10.6 Å². The fourth-order valence-electron chi connectivity index (χ4n) is 7.43. The summed E-state index contributed by atoms with van der Waals surface area (Å²) in [4.78, 5) is 72.7. The van der Waals surface area contributed by atoms with Crippen molar-refractivity contribution in [3.05, 3.63) is 47.0 Å². The number of amides is 1. The van der Waals surface area contributed by atoms with E-state index in [1.54, 1.807) is 14.1 Å². The molecule has 5 rings (SSSR count). The van der Waals surface area contributed by atoms with Crippen LogP contribution in [0.3, 0.4) is 0 Å². The number of carbonyl (C=O) groups excluding carboxylic acids is 5. The van der Waals surface area contributed by atoms with Crippen molar-refractivity contribution >= 4 is 34.7 Å². The van der Waals surface area contributed by atoms with Crippen molar-refractivity contribution in [2.24, 2.45) is 29.4 Å². The lowest BCUT2D eigenvalue weighted by atomic mass is 9.52. The number of carbonyl (C=O) groups is 5. The minimum Gasteiger partial charge on any atom is -0.507 e. The summed E-state index contributed by atoms with van der Waals surface area (Å²) in [7, 11) is 10.7. The molecule has 2 saturated carbocycles. The molecule has 4 N–H and O–H groups in total. The SMILES string of the molecule is CN(C)Cc1ccc(-c2cc(N(C)C)c3c(c2O)C(=O)C2C(=O)[C@]4(O)C(=O)C(C(N)=O)C(=O)[C@@H](N(C)C)[C@@H]4C[C@@H]2C3)cc1. The average Bonchev–Trinajstić information content (AvgIpc) is 2.90. The molecule has 2 aromatic rings. The van der Waals surface area contributed by atoms with Gasteiger partial charge in [-0.05, 0) is 69.7 Å². The molecule has 2 unspecified atom stereocenters. The number of benzene rings is 2. The van der Waals surface area contributed by atoms with E-state index in [2.05, 4.69) is 0 Å². The predicted octanol–water partition coefficient (Wildman–Crippen LogP) is 0.662. The number of fused-ring (bicyclic) bond motifs is 3.